The Bertz CT molecular complexity index is 231. The van der Waals surface area contributed by atoms with E-state index in [1.54, 1.807) is 4.90 Å². The Morgan fingerprint density at radius 1 is 1.29 bits per heavy atom. The van der Waals surface area contributed by atoms with Gasteiger partial charge in [0.05, 0.1) is 6.10 Å². The van der Waals surface area contributed by atoms with Crippen molar-refractivity contribution in [2.45, 2.75) is 57.7 Å². The van der Waals surface area contributed by atoms with E-state index in [-0.39, 0.29) is 17.2 Å². The Hall–Kier alpha value is -0.770. The van der Waals surface area contributed by atoms with Gasteiger partial charge in [-0.25, -0.2) is 4.79 Å². The van der Waals surface area contributed by atoms with Crippen LogP contribution in [0.1, 0.15) is 40.5 Å². The molecule has 0 aromatic heterocycles. The number of hydrogen-bond donors (Lipinski definition) is 2. The zero-order chi connectivity index (χ0) is 11.1. The average Bonchev–Trinajstić information content (AvgIpc) is 1.75. The number of aliphatic hydroxyl groups excluding tert-OH is 1. The number of carbonyl (C=O) groups excluding carboxylic acids is 1. The van der Waals surface area contributed by atoms with E-state index in [9.17, 15) is 9.90 Å². The minimum absolute atomic E-state index is 0.351. The van der Waals surface area contributed by atoms with Gasteiger partial charge in [0.15, 0.2) is 0 Å². The molecule has 1 saturated heterocycles. The minimum atomic E-state index is -0.410. The van der Waals surface area contributed by atoms with Crippen molar-refractivity contribution in [3.05, 3.63) is 0 Å². The third-order valence-electron chi connectivity index (χ3n) is 2.90. The van der Waals surface area contributed by atoms with Crippen molar-refractivity contribution in [2.75, 3.05) is 0 Å². The van der Waals surface area contributed by atoms with Crippen molar-refractivity contribution in [2.24, 2.45) is 5.73 Å². The zero-order valence-electron chi connectivity index (χ0n) is 9.37. The van der Waals surface area contributed by atoms with Crippen LogP contribution in [0.5, 0.6) is 0 Å². The van der Waals surface area contributed by atoms with Gasteiger partial charge in [0.25, 0.3) is 0 Å². The van der Waals surface area contributed by atoms with Crippen LogP contribution in [0, 0.1) is 0 Å². The van der Waals surface area contributed by atoms with Crippen LogP contribution < -0.4 is 5.73 Å². The molecule has 0 spiro atoms. The van der Waals surface area contributed by atoms with Crippen molar-refractivity contribution in [1.29, 1.82) is 0 Å². The Kier molecular flexibility index (Phi) is 2.52. The van der Waals surface area contributed by atoms with Crippen LogP contribution in [0.25, 0.3) is 0 Å². The highest BCUT2D eigenvalue weighted by molar-refractivity contribution is 5.74. The van der Waals surface area contributed by atoms with E-state index in [2.05, 4.69) is 0 Å². The number of carbonyl (C=O) groups is 1. The fraction of sp³-hybridized carbons (Fsp3) is 0.900. The van der Waals surface area contributed by atoms with E-state index in [1.807, 2.05) is 27.7 Å². The standard InChI is InChI=1S/C10H20N2O2/c1-9(2)5-7(13)6-10(3,4)12(9)8(11)14/h7,13H,5-6H2,1-4H3,(H2,11,14). The third kappa shape index (κ3) is 1.85. The van der Waals surface area contributed by atoms with Crippen molar-refractivity contribution in [3.63, 3.8) is 0 Å². The summed E-state index contributed by atoms with van der Waals surface area (Å²) >= 11 is 0. The van der Waals surface area contributed by atoms with Crippen LogP contribution in [-0.2, 0) is 0 Å². The van der Waals surface area contributed by atoms with Gasteiger partial charge in [-0.05, 0) is 40.5 Å². The predicted molar refractivity (Wildman–Crippen MR) is 54.8 cm³/mol. The van der Waals surface area contributed by atoms with Crippen LogP contribution in [0.4, 0.5) is 4.79 Å². The number of piperidine rings is 1. The molecule has 14 heavy (non-hydrogen) atoms. The Morgan fingerprint density at radius 3 is 1.93 bits per heavy atom. The number of likely N-dealkylation sites (tertiary alicyclic amines) is 1. The fourth-order valence-electron chi connectivity index (χ4n) is 2.82. The summed E-state index contributed by atoms with van der Waals surface area (Å²) in [5.41, 5.74) is 4.63. The molecule has 0 atom stereocenters. The SMILES string of the molecule is CC1(C)CC(O)CC(C)(C)N1C(N)=O. The maximum absolute atomic E-state index is 11.4. The van der Waals surface area contributed by atoms with Gasteiger partial charge in [-0.3, -0.25) is 0 Å². The fourth-order valence-corrected chi connectivity index (χ4v) is 2.82. The lowest BCUT2D eigenvalue weighted by Crippen LogP contribution is -2.65. The number of nitrogens with zero attached hydrogens (tertiary/aromatic N) is 1. The molecule has 0 saturated carbocycles. The minimum Gasteiger partial charge on any atom is -0.393 e. The van der Waals surface area contributed by atoms with Crippen LogP contribution in [-0.4, -0.2) is 33.2 Å². The molecule has 0 aromatic rings. The monoisotopic (exact) mass is 200 g/mol. The summed E-state index contributed by atoms with van der Waals surface area (Å²) in [5, 5.41) is 9.70. The normalized spacial score (nSPS) is 26.2. The van der Waals surface area contributed by atoms with Gasteiger partial charge in [-0.1, -0.05) is 0 Å². The topological polar surface area (TPSA) is 66.6 Å². The molecule has 4 nitrogen and oxygen atoms in total. The van der Waals surface area contributed by atoms with E-state index in [0.29, 0.717) is 12.8 Å². The predicted octanol–water partition coefficient (Wildman–Crippen LogP) is 1.08. The quantitative estimate of drug-likeness (QED) is 0.614. The molecule has 82 valence electrons. The molecule has 1 rings (SSSR count). The molecule has 0 radical (unpaired) electrons. The van der Waals surface area contributed by atoms with Gasteiger partial charge in [0, 0.05) is 11.1 Å². The molecule has 1 heterocycles. The molecule has 3 N–H and O–H groups in total. The van der Waals surface area contributed by atoms with Crippen molar-refractivity contribution in [1.82, 2.24) is 4.90 Å². The third-order valence-corrected chi connectivity index (χ3v) is 2.90. The van der Waals surface area contributed by atoms with Gasteiger partial charge >= 0.3 is 6.03 Å². The van der Waals surface area contributed by atoms with Gasteiger partial charge in [-0.2, -0.15) is 0 Å². The number of rotatable bonds is 0. The first-order valence-corrected chi connectivity index (χ1v) is 4.95. The zero-order valence-corrected chi connectivity index (χ0v) is 9.37. The number of nitrogens with two attached hydrogens (primary N) is 1. The molecule has 0 aromatic carbocycles. The lowest BCUT2D eigenvalue weighted by molar-refractivity contribution is -0.0483. The second kappa shape index (κ2) is 3.12. The lowest BCUT2D eigenvalue weighted by atomic mass is 9.78. The largest absolute Gasteiger partial charge is 0.393 e. The first-order chi connectivity index (χ1) is 6.17. The molecular weight excluding hydrogens is 180 g/mol. The van der Waals surface area contributed by atoms with E-state index >= 15 is 0 Å². The summed E-state index contributed by atoms with van der Waals surface area (Å²) in [6.07, 6.45) is 0.814. The maximum Gasteiger partial charge on any atom is 0.315 e. The van der Waals surface area contributed by atoms with Crippen LogP contribution in [0.15, 0.2) is 0 Å². The molecule has 0 unspecified atom stereocenters. The van der Waals surface area contributed by atoms with Crippen molar-refractivity contribution in [3.8, 4) is 0 Å². The second-order valence-electron chi connectivity index (χ2n) is 5.36. The molecule has 0 aliphatic carbocycles. The van der Waals surface area contributed by atoms with E-state index < -0.39 is 6.03 Å². The Morgan fingerprint density at radius 2 is 1.64 bits per heavy atom. The van der Waals surface area contributed by atoms with Gasteiger partial charge in [0.2, 0.25) is 0 Å². The molecule has 0 bridgehead atoms. The highest BCUT2D eigenvalue weighted by Gasteiger charge is 2.46. The highest BCUT2D eigenvalue weighted by Crippen LogP contribution is 2.37. The molecule has 1 aliphatic rings. The molecule has 1 fully saturated rings. The van der Waals surface area contributed by atoms with E-state index in [4.69, 9.17) is 5.73 Å². The summed E-state index contributed by atoms with van der Waals surface area (Å²) in [5.74, 6) is 0. The average molecular weight is 200 g/mol. The summed E-state index contributed by atoms with van der Waals surface area (Å²) in [4.78, 5) is 13.0. The number of urea groups is 1. The second-order valence-corrected chi connectivity index (χ2v) is 5.36. The number of hydrogen-bond acceptors (Lipinski definition) is 2. The van der Waals surface area contributed by atoms with Gasteiger partial charge in [0.1, 0.15) is 0 Å². The van der Waals surface area contributed by atoms with Crippen LogP contribution in [0.3, 0.4) is 0 Å². The van der Waals surface area contributed by atoms with Crippen LogP contribution >= 0.6 is 0 Å². The highest BCUT2D eigenvalue weighted by atomic mass is 16.3. The van der Waals surface area contributed by atoms with Gasteiger partial charge < -0.3 is 15.7 Å². The molecule has 2 amide bonds. The molecular formula is C10H20N2O2. The number of aliphatic hydroxyl groups is 1. The summed E-state index contributed by atoms with van der Waals surface area (Å²) in [7, 11) is 0. The Labute approximate surface area is 85.1 Å². The van der Waals surface area contributed by atoms with Crippen molar-refractivity contribution < 1.29 is 9.90 Å². The number of amides is 2. The first-order valence-electron chi connectivity index (χ1n) is 4.95. The number of primary amides is 1. The smallest absolute Gasteiger partial charge is 0.315 e. The van der Waals surface area contributed by atoms with E-state index in [0.717, 1.165) is 0 Å². The molecule has 4 heteroatoms. The van der Waals surface area contributed by atoms with Gasteiger partial charge in [-0.15, -0.1) is 0 Å². The summed E-state index contributed by atoms with van der Waals surface area (Å²) in [6, 6.07) is -0.410. The summed E-state index contributed by atoms with van der Waals surface area (Å²) < 4.78 is 0. The lowest BCUT2D eigenvalue weighted by Gasteiger charge is -2.53. The maximum atomic E-state index is 11.4. The summed E-state index contributed by atoms with van der Waals surface area (Å²) in [6.45, 7) is 7.73. The van der Waals surface area contributed by atoms with E-state index in [1.165, 1.54) is 0 Å². The van der Waals surface area contributed by atoms with Crippen LogP contribution in [0.2, 0.25) is 0 Å². The van der Waals surface area contributed by atoms with Crippen molar-refractivity contribution >= 4 is 6.03 Å². The first kappa shape index (κ1) is 11.3. The Balaban J connectivity index is 3.03. The molecule has 1 aliphatic heterocycles.